The zero-order chi connectivity index (χ0) is 10.5. The highest BCUT2D eigenvalue weighted by molar-refractivity contribution is 5.38. The predicted octanol–water partition coefficient (Wildman–Crippen LogP) is 1.95. The minimum Gasteiger partial charge on any atom is -0.444 e. The van der Waals surface area contributed by atoms with Crippen LogP contribution in [0.15, 0.2) is 30.3 Å². The van der Waals surface area contributed by atoms with Gasteiger partial charge in [0.1, 0.15) is 0 Å². The third-order valence-electron chi connectivity index (χ3n) is 2.74. The normalized spacial score (nSPS) is 18.7. The first-order valence-corrected chi connectivity index (χ1v) is 5.30. The summed E-state index contributed by atoms with van der Waals surface area (Å²) in [5, 5.41) is 0. The van der Waals surface area contributed by atoms with Gasteiger partial charge in [0.05, 0.1) is 0 Å². The third-order valence-corrected chi connectivity index (χ3v) is 2.74. The molecular formula is C12H15NO2. The Bertz CT molecular complexity index is 307. The molecule has 0 aromatic heterocycles. The second-order valence-electron chi connectivity index (χ2n) is 3.74. The van der Waals surface area contributed by atoms with Crippen LogP contribution in [-0.2, 0) is 9.53 Å². The smallest absolute Gasteiger partial charge is 0.294 e. The van der Waals surface area contributed by atoms with Gasteiger partial charge in [0, 0.05) is 18.7 Å². The molecule has 1 atom stereocenters. The number of carbonyl (C=O) groups excluding carboxylic acids is 1. The van der Waals surface area contributed by atoms with E-state index in [2.05, 4.69) is 4.90 Å². The van der Waals surface area contributed by atoms with E-state index in [9.17, 15) is 4.79 Å². The standard InChI is InChI=1S/C12H15NO2/c14-10-15-12(13-8-4-5-9-13)11-6-2-1-3-7-11/h1-3,6-7,10,12H,4-5,8-9H2. The van der Waals surface area contributed by atoms with Crippen LogP contribution >= 0.6 is 0 Å². The molecule has 0 spiro atoms. The zero-order valence-electron chi connectivity index (χ0n) is 8.63. The number of ether oxygens (including phenoxy) is 1. The fourth-order valence-corrected chi connectivity index (χ4v) is 2.02. The highest BCUT2D eigenvalue weighted by atomic mass is 16.5. The quantitative estimate of drug-likeness (QED) is 0.704. The average molecular weight is 205 g/mol. The van der Waals surface area contributed by atoms with Crippen molar-refractivity contribution < 1.29 is 9.53 Å². The summed E-state index contributed by atoms with van der Waals surface area (Å²) in [7, 11) is 0. The molecule has 1 aromatic rings. The van der Waals surface area contributed by atoms with Crippen LogP contribution in [0.4, 0.5) is 0 Å². The molecule has 15 heavy (non-hydrogen) atoms. The van der Waals surface area contributed by atoms with E-state index in [1.807, 2.05) is 30.3 Å². The minimum atomic E-state index is -0.203. The second-order valence-corrected chi connectivity index (χ2v) is 3.74. The number of hydrogen-bond acceptors (Lipinski definition) is 3. The summed E-state index contributed by atoms with van der Waals surface area (Å²) in [6, 6.07) is 9.88. The number of benzene rings is 1. The van der Waals surface area contributed by atoms with Gasteiger partial charge in [-0.3, -0.25) is 9.69 Å². The molecule has 0 aliphatic carbocycles. The summed E-state index contributed by atoms with van der Waals surface area (Å²) in [6.07, 6.45) is 2.17. The lowest BCUT2D eigenvalue weighted by molar-refractivity contribution is -0.143. The van der Waals surface area contributed by atoms with E-state index in [1.54, 1.807) is 0 Å². The second kappa shape index (κ2) is 4.94. The van der Waals surface area contributed by atoms with E-state index >= 15 is 0 Å². The molecule has 2 rings (SSSR count). The molecule has 1 unspecified atom stereocenters. The van der Waals surface area contributed by atoms with Crippen molar-refractivity contribution in [2.45, 2.75) is 19.1 Å². The molecule has 0 bridgehead atoms. The van der Waals surface area contributed by atoms with Gasteiger partial charge >= 0.3 is 0 Å². The third kappa shape index (κ3) is 2.36. The lowest BCUT2D eigenvalue weighted by atomic mass is 10.2. The molecule has 1 aliphatic heterocycles. The van der Waals surface area contributed by atoms with Crippen LogP contribution < -0.4 is 0 Å². The lowest BCUT2D eigenvalue weighted by Gasteiger charge is -2.25. The summed E-state index contributed by atoms with van der Waals surface area (Å²) < 4.78 is 5.16. The van der Waals surface area contributed by atoms with Crippen molar-refractivity contribution in [3.8, 4) is 0 Å². The highest BCUT2D eigenvalue weighted by Gasteiger charge is 2.24. The zero-order valence-corrected chi connectivity index (χ0v) is 8.63. The molecule has 1 saturated heterocycles. The van der Waals surface area contributed by atoms with E-state index in [4.69, 9.17) is 4.74 Å². The maximum atomic E-state index is 10.5. The topological polar surface area (TPSA) is 29.5 Å². The summed E-state index contributed by atoms with van der Waals surface area (Å²) in [5.41, 5.74) is 1.05. The van der Waals surface area contributed by atoms with Crippen LogP contribution in [0.1, 0.15) is 24.6 Å². The minimum absolute atomic E-state index is 0.203. The molecule has 1 aromatic carbocycles. The van der Waals surface area contributed by atoms with Gasteiger partial charge in [-0.25, -0.2) is 0 Å². The van der Waals surface area contributed by atoms with Gasteiger partial charge in [0.2, 0.25) is 0 Å². The number of likely N-dealkylation sites (tertiary alicyclic amines) is 1. The van der Waals surface area contributed by atoms with Crippen molar-refractivity contribution in [3.05, 3.63) is 35.9 Å². The Labute approximate surface area is 89.7 Å². The van der Waals surface area contributed by atoms with Crippen molar-refractivity contribution >= 4 is 6.47 Å². The molecule has 80 valence electrons. The molecule has 0 radical (unpaired) electrons. The van der Waals surface area contributed by atoms with Crippen LogP contribution in [-0.4, -0.2) is 24.5 Å². The van der Waals surface area contributed by atoms with Gasteiger partial charge in [0.15, 0.2) is 6.23 Å². The lowest BCUT2D eigenvalue weighted by Crippen LogP contribution is -2.27. The Morgan fingerprint density at radius 3 is 2.47 bits per heavy atom. The Morgan fingerprint density at radius 2 is 1.87 bits per heavy atom. The van der Waals surface area contributed by atoms with Gasteiger partial charge in [-0.2, -0.15) is 0 Å². The number of carbonyl (C=O) groups is 1. The van der Waals surface area contributed by atoms with Crippen molar-refractivity contribution in [2.24, 2.45) is 0 Å². The predicted molar refractivity (Wildman–Crippen MR) is 57.1 cm³/mol. The van der Waals surface area contributed by atoms with E-state index in [-0.39, 0.29) is 6.23 Å². The Morgan fingerprint density at radius 1 is 1.20 bits per heavy atom. The number of nitrogens with zero attached hydrogens (tertiary/aromatic N) is 1. The molecule has 1 aliphatic rings. The van der Waals surface area contributed by atoms with Crippen molar-refractivity contribution in [2.75, 3.05) is 13.1 Å². The van der Waals surface area contributed by atoms with Crippen LogP contribution in [0, 0.1) is 0 Å². The van der Waals surface area contributed by atoms with E-state index in [1.165, 1.54) is 12.8 Å². The monoisotopic (exact) mass is 205 g/mol. The van der Waals surface area contributed by atoms with Crippen LogP contribution in [0.3, 0.4) is 0 Å². The molecule has 1 heterocycles. The molecule has 0 amide bonds. The molecule has 1 fully saturated rings. The average Bonchev–Trinajstić information content (AvgIpc) is 2.80. The van der Waals surface area contributed by atoms with Crippen molar-refractivity contribution in [3.63, 3.8) is 0 Å². The largest absolute Gasteiger partial charge is 0.444 e. The Hall–Kier alpha value is -1.35. The van der Waals surface area contributed by atoms with Gasteiger partial charge in [0.25, 0.3) is 6.47 Å². The van der Waals surface area contributed by atoms with E-state index < -0.39 is 0 Å². The fraction of sp³-hybridized carbons (Fsp3) is 0.417. The first-order chi connectivity index (χ1) is 7.42. The van der Waals surface area contributed by atoms with Gasteiger partial charge in [-0.15, -0.1) is 0 Å². The molecule has 3 heteroatoms. The summed E-state index contributed by atoms with van der Waals surface area (Å²) in [4.78, 5) is 12.7. The van der Waals surface area contributed by atoms with Crippen molar-refractivity contribution in [1.29, 1.82) is 0 Å². The molecule has 3 nitrogen and oxygen atoms in total. The Kier molecular flexibility index (Phi) is 3.35. The summed E-state index contributed by atoms with van der Waals surface area (Å²) >= 11 is 0. The van der Waals surface area contributed by atoms with Crippen LogP contribution in [0.5, 0.6) is 0 Å². The summed E-state index contributed by atoms with van der Waals surface area (Å²) in [5.74, 6) is 0. The van der Waals surface area contributed by atoms with Gasteiger partial charge in [-0.1, -0.05) is 30.3 Å². The maximum absolute atomic E-state index is 10.5. The van der Waals surface area contributed by atoms with Crippen LogP contribution in [0.25, 0.3) is 0 Å². The van der Waals surface area contributed by atoms with Gasteiger partial charge < -0.3 is 4.74 Å². The van der Waals surface area contributed by atoms with E-state index in [0.29, 0.717) is 6.47 Å². The fourth-order valence-electron chi connectivity index (χ4n) is 2.02. The van der Waals surface area contributed by atoms with Gasteiger partial charge in [-0.05, 0) is 12.8 Å². The first-order valence-electron chi connectivity index (χ1n) is 5.30. The highest BCUT2D eigenvalue weighted by Crippen LogP contribution is 2.25. The SMILES string of the molecule is O=COC(c1ccccc1)N1CCCC1. The Balaban J connectivity index is 2.15. The number of hydrogen-bond donors (Lipinski definition) is 0. The molecule has 0 N–H and O–H groups in total. The molecular weight excluding hydrogens is 190 g/mol. The van der Waals surface area contributed by atoms with Crippen LogP contribution in [0.2, 0.25) is 0 Å². The number of rotatable bonds is 4. The van der Waals surface area contributed by atoms with E-state index in [0.717, 1.165) is 18.7 Å². The maximum Gasteiger partial charge on any atom is 0.294 e. The first kappa shape index (κ1) is 10.2. The molecule has 0 saturated carbocycles. The summed E-state index contributed by atoms with van der Waals surface area (Å²) in [6.45, 7) is 2.55. The van der Waals surface area contributed by atoms with Crippen molar-refractivity contribution in [1.82, 2.24) is 4.90 Å².